The Morgan fingerprint density at radius 2 is 2.00 bits per heavy atom. The van der Waals surface area contributed by atoms with Gasteiger partial charge in [-0.2, -0.15) is 0 Å². The molecule has 0 spiro atoms. The molecule has 1 aliphatic carbocycles. The lowest BCUT2D eigenvalue weighted by molar-refractivity contribution is -0.0231. The van der Waals surface area contributed by atoms with Gasteiger partial charge in [-0.25, -0.2) is 0 Å². The highest BCUT2D eigenvalue weighted by molar-refractivity contribution is 6.30. The number of aliphatic hydroxyl groups excluding tert-OH is 1. The number of aliphatic hydroxyl groups is 1. The number of nitrogens with one attached hydrogen (secondary N) is 1. The van der Waals surface area contributed by atoms with Crippen LogP contribution in [0.3, 0.4) is 0 Å². The van der Waals surface area contributed by atoms with E-state index in [1.165, 1.54) is 0 Å². The Morgan fingerprint density at radius 1 is 1.21 bits per heavy atom. The largest absolute Gasteiger partial charge is 0.488 e. The van der Waals surface area contributed by atoms with Gasteiger partial charge in [0.2, 0.25) is 0 Å². The summed E-state index contributed by atoms with van der Waals surface area (Å²) in [7, 11) is 1.57. The van der Waals surface area contributed by atoms with Crippen LogP contribution in [-0.2, 0) is 0 Å². The van der Waals surface area contributed by atoms with E-state index >= 15 is 0 Å². The molecule has 2 aliphatic rings. The van der Waals surface area contributed by atoms with Crippen LogP contribution >= 0.6 is 11.6 Å². The summed E-state index contributed by atoms with van der Waals surface area (Å²) in [6, 6.07) is 10.8. The molecule has 2 heterocycles. The molecule has 0 unspecified atom stereocenters. The van der Waals surface area contributed by atoms with Crippen LogP contribution in [0.1, 0.15) is 23.3 Å². The number of halogens is 1. The molecule has 8 heteroatoms. The van der Waals surface area contributed by atoms with Crippen LogP contribution in [0, 0.1) is 11.8 Å². The van der Waals surface area contributed by atoms with Gasteiger partial charge in [0.05, 0.1) is 6.10 Å². The number of rotatable bonds is 4. The van der Waals surface area contributed by atoms with Crippen LogP contribution in [-0.4, -0.2) is 53.6 Å². The maximum atomic E-state index is 11.6. The Balaban J connectivity index is 1.42. The molecule has 4 rings (SSSR count). The molecule has 1 amide bonds. The Hall–Kier alpha value is -2.38. The van der Waals surface area contributed by atoms with Crippen LogP contribution in [0.2, 0.25) is 5.02 Å². The van der Waals surface area contributed by atoms with Gasteiger partial charge in [0.1, 0.15) is 11.9 Å². The van der Waals surface area contributed by atoms with Crippen LogP contribution in [0.5, 0.6) is 5.75 Å². The highest BCUT2D eigenvalue weighted by Gasteiger charge is 2.43. The molecule has 1 aliphatic heterocycles. The zero-order valence-electron chi connectivity index (χ0n) is 15.6. The molecule has 4 atom stereocenters. The van der Waals surface area contributed by atoms with Crippen molar-refractivity contribution in [3.8, 4) is 5.75 Å². The van der Waals surface area contributed by atoms with Gasteiger partial charge in [-0.15, -0.1) is 10.2 Å². The molecule has 1 aromatic heterocycles. The number of aromatic nitrogens is 2. The summed E-state index contributed by atoms with van der Waals surface area (Å²) in [6.45, 7) is 1.65. The van der Waals surface area contributed by atoms with Crippen LogP contribution in [0.4, 0.5) is 5.82 Å². The van der Waals surface area contributed by atoms with Crippen LogP contribution < -0.4 is 15.0 Å². The van der Waals surface area contributed by atoms with E-state index in [2.05, 4.69) is 20.4 Å². The lowest BCUT2D eigenvalue weighted by Crippen LogP contribution is -2.42. The van der Waals surface area contributed by atoms with Crippen molar-refractivity contribution in [2.75, 3.05) is 25.0 Å². The van der Waals surface area contributed by atoms with Crippen LogP contribution in [0.15, 0.2) is 36.4 Å². The molecule has 2 fully saturated rings. The molecule has 28 heavy (non-hydrogen) atoms. The number of anilines is 1. The summed E-state index contributed by atoms with van der Waals surface area (Å²) in [6.07, 6.45) is 0.706. The number of nitrogens with zero attached hydrogens (tertiary/aromatic N) is 3. The number of carbonyl (C=O) groups excluding carboxylic acids is 1. The Kier molecular flexibility index (Phi) is 5.37. The first kappa shape index (κ1) is 19.0. The average molecular weight is 403 g/mol. The molecule has 7 nitrogen and oxygen atoms in total. The normalized spacial score (nSPS) is 26.6. The third-order valence-electron chi connectivity index (χ3n) is 5.60. The minimum absolute atomic E-state index is 0.249. The van der Waals surface area contributed by atoms with Crippen molar-refractivity contribution in [1.82, 2.24) is 15.5 Å². The zero-order chi connectivity index (χ0) is 19.7. The van der Waals surface area contributed by atoms with Crippen molar-refractivity contribution in [2.24, 2.45) is 11.8 Å². The molecule has 1 saturated heterocycles. The van der Waals surface area contributed by atoms with E-state index in [9.17, 15) is 9.90 Å². The SMILES string of the molecule is CNC(=O)c1ccc(N2C[C@H]3C[C@@H](Oc4cccc(Cl)c4)[C@H](O)C[C@H]3C2)nn1. The molecule has 2 aromatic rings. The number of ether oxygens (including phenoxy) is 1. The number of amides is 1. The molecule has 0 bridgehead atoms. The third-order valence-corrected chi connectivity index (χ3v) is 5.84. The fourth-order valence-electron chi connectivity index (χ4n) is 4.16. The molecule has 2 N–H and O–H groups in total. The highest BCUT2D eigenvalue weighted by Crippen LogP contribution is 2.39. The smallest absolute Gasteiger partial charge is 0.271 e. The van der Waals surface area contributed by atoms with E-state index in [4.69, 9.17) is 16.3 Å². The van der Waals surface area contributed by atoms with E-state index in [0.29, 0.717) is 34.7 Å². The summed E-state index contributed by atoms with van der Waals surface area (Å²) in [5.41, 5.74) is 0.299. The number of carbonyl (C=O) groups is 1. The second-order valence-electron chi connectivity index (χ2n) is 7.43. The van der Waals surface area contributed by atoms with E-state index in [1.807, 2.05) is 18.2 Å². The summed E-state index contributed by atoms with van der Waals surface area (Å²) in [4.78, 5) is 13.8. The second-order valence-corrected chi connectivity index (χ2v) is 7.87. The number of hydrogen-bond acceptors (Lipinski definition) is 6. The lowest BCUT2D eigenvalue weighted by Gasteiger charge is -2.35. The van der Waals surface area contributed by atoms with Crippen molar-refractivity contribution >= 4 is 23.3 Å². The van der Waals surface area contributed by atoms with Gasteiger partial charge in [0.15, 0.2) is 11.5 Å². The fraction of sp³-hybridized carbons (Fsp3) is 0.450. The average Bonchev–Trinajstić information content (AvgIpc) is 3.10. The topological polar surface area (TPSA) is 87.6 Å². The first-order valence-corrected chi connectivity index (χ1v) is 9.82. The van der Waals surface area contributed by atoms with Crippen molar-refractivity contribution in [1.29, 1.82) is 0 Å². The highest BCUT2D eigenvalue weighted by atomic mass is 35.5. The molecule has 148 valence electrons. The van der Waals surface area contributed by atoms with Gasteiger partial charge in [0.25, 0.3) is 5.91 Å². The minimum Gasteiger partial charge on any atom is -0.488 e. The van der Waals surface area contributed by atoms with Gasteiger partial charge in [-0.1, -0.05) is 17.7 Å². The van der Waals surface area contributed by atoms with Gasteiger partial charge < -0.3 is 20.1 Å². The number of benzene rings is 1. The molecule has 1 aromatic carbocycles. The van der Waals surface area contributed by atoms with E-state index in [1.54, 1.807) is 25.2 Å². The van der Waals surface area contributed by atoms with Gasteiger partial charge >= 0.3 is 0 Å². The first-order valence-electron chi connectivity index (χ1n) is 9.44. The zero-order valence-corrected chi connectivity index (χ0v) is 16.3. The first-order chi connectivity index (χ1) is 13.5. The molecule has 0 radical (unpaired) electrons. The predicted molar refractivity (Wildman–Crippen MR) is 106 cm³/mol. The molecule has 1 saturated carbocycles. The van der Waals surface area contributed by atoms with Crippen LogP contribution in [0.25, 0.3) is 0 Å². The van der Waals surface area contributed by atoms with Crippen molar-refractivity contribution < 1.29 is 14.6 Å². The second kappa shape index (κ2) is 7.93. The van der Waals surface area contributed by atoms with Crippen molar-refractivity contribution in [3.05, 3.63) is 47.1 Å². The summed E-state index contributed by atoms with van der Waals surface area (Å²) >= 11 is 6.03. The van der Waals surface area contributed by atoms with E-state index in [-0.39, 0.29) is 12.0 Å². The Labute approximate surface area is 168 Å². The maximum absolute atomic E-state index is 11.6. The molecular weight excluding hydrogens is 380 g/mol. The maximum Gasteiger partial charge on any atom is 0.271 e. The summed E-state index contributed by atoms with van der Waals surface area (Å²) in [5, 5.41) is 22.0. The fourth-order valence-corrected chi connectivity index (χ4v) is 4.34. The summed E-state index contributed by atoms with van der Waals surface area (Å²) < 4.78 is 6.03. The third kappa shape index (κ3) is 3.91. The predicted octanol–water partition coefficient (Wildman–Crippen LogP) is 2.14. The Morgan fingerprint density at radius 3 is 2.68 bits per heavy atom. The van der Waals surface area contributed by atoms with Gasteiger partial charge in [-0.05, 0) is 55.0 Å². The molecular formula is C20H23ClN4O3. The number of hydrogen-bond donors (Lipinski definition) is 2. The Bertz CT molecular complexity index is 848. The number of fused-ring (bicyclic) bond motifs is 1. The summed E-state index contributed by atoms with van der Waals surface area (Å²) in [5.74, 6) is 1.98. The van der Waals surface area contributed by atoms with E-state index < -0.39 is 6.10 Å². The van der Waals surface area contributed by atoms with Crippen molar-refractivity contribution in [3.63, 3.8) is 0 Å². The van der Waals surface area contributed by atoms with Gasteiger partial charge in [0, 0.05) is 25.2 Å². The van der Waals surface area contributed by atoms with Gasteiger partial charge in [-0.3, -0.25) is 4.79 Å². The van der Waals surface area contributed by atoms with Crippen molar-refractivity contribution in [2.45, 2.75) is 25.0 Å². The lowest BCUT2D eigenvalue weighted by atomic mass is 9.78. The van der Waals surface area contributed by atoms with E-state index in [0.717, 1.165) is 25.3 Å². The standard InChI is InChI=1S/C20H23ClN4O3/c1-22-20(27)16-5-6-19(24-23-16)25-10-12-7-17(26)18(8-13(12)11-25)28-15-4-2-3-14(21)9-15/h2-6,9,12-13,17-18,26H,7-8,10-11H2,1H3,(H,22,27)/t12-,13+,17+,18+/m0/s1. The quantitative estimate of drug-likeness (QED) is 0.814. The monoisotopic (exact) mass is 402 g/mol. The minimum atomic E-state index is -0.512.